The molecule has 0 aliphatic carbocycles. The molecule has 2 rings (SSSR count). The molecule has 1 N–H and O–H groups in total. The number of benzene rings is 2. The number of hydrogen-bond acceptors (Lipinski definition) is 3. The van der Waals surface area contributed by atoms with E-state index in [1.165, 1.54) is 0 Å². The summed E-state index contributed by atoms with van der Waals surface area (Å²) in [5.41, 5.74) is 2.60. The number of carboxylic acid groups (broad SMARTS) is 1. The second-order valence-electron chi connectivity index (χ2n) is 5.82. The van der Waals surface area contributed by atoms with Crippen molar-refractivity contribution in [3.63, 3.8) is 0 Å². The number of unbranched alkanes of at least 4 members (excludes halogenated alkanes) is 1. The van der Waals surface area contributed by atoms with Gasteiger partial charge in [-0.15, -0.1) is 0 Å². The Balaban J connectivity index is 2.26. The van der Waals surface area contributed by atoms with Gasteiger partial charge in [0.25, 0.3) is 0 Å². The highest BCUT2D eigenvalue weighted by Gasteiger charge is 2.13. The predicted octanol–water partition coefficient (Wildman–Crippen LogP) is 4.81. The van der Waals surface area contributed by atoms with E-state index in [1.807, 2.05) is 37.3 Å². The van der Waals surface area contributed by atoms with E-state index >= 15 is 0 Å². The third-order valence-electron chi connectivity index (χ3n) is 3.91. The van der Waals surface area contributed by atoms with Crippen molar-refractivity contribution in [2.24, 2.45) is 0 Å². The predicted molar refractivity (Wildman–Crippen MR) is 100 cm³/mol. The third-order valence-corrected chi connectivity index (χ3v) is 3.91. The van der Waals surface area contributed by atoms with Crippen LogP contribution in [0.25, 0.3) is 11.6 Å². The molecule has 0 radical (unpaired) electrons. The Morgan fingerprint density at radius 3 is 2.36 bits per heavy atom. The molecule has 132 valence electrons. The van der Waals surface area contributed by atoms with Gasteiger partial charge in [-0.1, -0.05) is 31.5 Å². The number of aryl methyl sites for hydroxylation is 1. The van der Waals surface area contributed by atoms with Gasteiger partial charge in [-0.25, -0.2) is 4.79 Å². The zero-order chi connectivity index (χ0) is 18.2. The number of hydrogen-bond donors (Lipinski definition) is 1. The first-order chi connectivity index (χ1) is 12.0. The van der Waals surface area contributed by atoms with Crippen molar-refractivity contribution in [2.75, 3.05) is 13.7 Å². The van der Waals surface area contributed by atoms with Crippen LogP contribution in [0.15, 0.2) is 42.5 Å². The van der Waals surface area contributed by atoms with Gasteiger partial charge in [-0.3, -0.25) is 0 Å². The van der Waals surface area contributed by atoms with Gasteiger partial charge in [0.1, 0.15) is 11.5 Å². The number of rotatable bonds is 8. The number of carboxylic acids is 1. The first-order valence-electron chi connectivity index (χ1n) is 8.38. The summed E-state index contributed by atoms with van der Waals surface area (Å²) in [6.07, 6.45) is 3.78. The fraction of sp³-hybridized carbons (Fsp3) is 0.286. The summed E-state index contributed by atoms with van der Waals surface area (Å²) in [4.78, 5) is 11.7. The van der Waals surface area contributed by atoms with Crippen LogP contribution in [-0.4, -0.2) is 24.8 Å². The van der Waals surface area contributed by atoms with Gasteiger partial charge in [0.05, 0.1) is 19.3 Å². The average Bonchev–Trinajstić information content (AvgIpc) is 2.61. The maximum Gasteiger partial charge on any atom is 0.336 e. The number of methoxy groups -OCH3 is 1. The van der Waals surface area contributed by atoms with E-state index in [2.05, 4.69) is 6.92 Å². The Morgan fingerprint density at radius 1 is 1.12 bits per heavy atom. The van der Waals surface area contributed by atoms with E-state index in [9.17, 15) is 9.90 Å². The van der Waals surface area contributed by atoms with Crippen LogP contribution in [0, 0.1) is 6.92 Å². The fourth-order valence-corrected chi connectivity index (χ4v) is 2.48. The van der Waals surface area contributed by atoms with Crippen LogP contribution in [0.3, 0.4) is 0 Å². The lowest BCUT2D eigenvalue weighted by Gasteiger charge is -2.10. The second-order valence-corrected chi connectivity index (χ2v) is 5.82. The van der Waals surface area contributed by atoms with Crippen molar-refractivity contribution in [2.45, 2.75) is 26.7 Å². The van der Waals surface area contributed by atoms with E-state index < -0.39 is 5.97 Å². The van der Waals surface area contributed by atoms with Gasteiger partial charge >= 0.3 is 5.97 Å². The van der Waals surface area contributed by atoms with Crippen molar-refractivity contribution in [1.82, 2.24) is 0 Å². The molecule has 2 aromatic rings. The van der Waals surface area contributed by atoms with E-state index in [0.29, 0.717) is 17.9 Å². The molecule has 25 heavy (non-hydrogen) atoms. The van der Waals surface area contributed by atoms with Crippen LogP contribution in [0.2, 0.25) is 0 Å². The summed E-state index contributed by atoms with van der Waals surface area (Å²) < 4.78 is 10.8. The molecule has 4 nitrogen and oxygen atoms in total. The number of ether oxygens (including phenoxy) is 2. The maximum absolute atomic E-state index is 11.7. The molecule has 0 saturated heterocycles. The molecule has 0 bridgehead atoms. The highest BCUT2D eigenvalue weighted by Crippen LogP contribution is 2.26. The Morgan fingerprint density at radius 2 is 1.80 bits per heavy atom. The molecule has 2 aromatic carbocycles. The largest absolute Gasteiger partial charge is 0.497 e. The molecule has 0 spiro atoms. The van der Waals surface area contributed by atoms with Crippen LogP contribution in [0.5, 0.6) is 11.5 Å². The lowest BCUT2D eigenvalue weighted by Crippen LogP contribution is -2.02. The van der Waals surface area contributed by atoms with E-state index in [1.54, 1.807) is 25.3 Å². The van der Waals surface area contributed by atoms with Crippen molar-refractivity contribution >= 4 is 17.6 Å². The van der Waals surface area contributed by atoms with Crippen molar-refractivity contribution in [1.29, 1.82) is 0 Å². The minimum atomic E-state index is -0.962. The monoisotopic (exact) mass is 340 g/mol. The highest BCUT2D eigenvalue weighted by molar-refractivity contribution is 6.21. The highest BCUT2D eigenvalue weighted by atomic mass is 16.5. The molecule has 0 atom stereocenters. The first-order valence-corrected chi connectivity index (χ1v) is 8.38. The molecule has 0 aliphatic rings. The second kappa shape index (κ2) is 8.92. The summed E-state index contributed by atoms with van der Waals surface area (Å²) >= 11 is 0. The smallest absolute Gasteiger partial charge is 0.336 e. The van der Waals surface area contributed by atoms with Crippen molar-refractivity contribution in [3.05, 3.63) is 59.2 Å². The maximum atomic E-state index is 11.7. The van der Waals surface area contributed by atoms with Crippen LogP contribution < -0.4 is 9.47 Å². The summed E-state index contributed by atoms with van der Waals surface area (Å²) in [5, 5.41) is 9.61. The van der Waals surface area contributed by atoms with Crippen molar-refractivity contribution in [3.8, 4) is 11.5 Å². The van der Waals surface area contributed by atoms with Crippen LogP contribution >= 0.6 is 0 Å². The zero-order valence-electron chi connectivity index (χ0n) is 14.9. The van der Waals surface area contributed by atoms with Gasteiger partial charge < -0.3 is 14.6 Å². The first kappa shape index (κ1) is 18.6. The molecule has 0 aromatic heterocycles. The molecular formula is C21H24O4. The van der Waals surface area contributed by atoms with Gasteiger partial charge in [0, 0.05) is 0 Å². The summed E-state index contributed by atoms with van der Waals surface area (Å²) in [5.74, 6) is 0.541. The summed E-state index contributed by atoms with van der Waals surface area (Å²) in [7, 11) is 1.59. The Hall–Kier alpha value is -2.75. The average molecular weight is 340 g/mol. The Kier molecular flexibility index (Phi) is 6.63. The van der Waals surface area contributed by atoms with Gasteiger partial charge in [-0.2, -0.15) is 0 Å². The molecule has 0 saturated carbocycles. The van der Waals surface area contributed by atoms with Gasteiger partial charge in [0.2, 0.25) is 0 Å². The van der Waals surface area contributed by atoms with E-state index in [-0.39, 0.29) is 5.57 Å². The minimum Gasteiger partial charge on any atom is -0.497 e. The van der Waals surface area contributed by atoms with Crippen LogP contribution in [0.1, 0.15) is 36.5 Å². The number of carbonyl (C=O) groups is 1. The molecule has 0 aliphatic heterocycles. The lowest BCUT2D eigenvalue weighted by molar-refractivity contribution is -0.130. The molecule has 0 unspecified atom stereocenters. The quantitative estimate of drug-likeness (QED) is 0.426. The lowest BCUT2D eigenvalue weighted by atomic mass is 9.98. The van der Waals surface area contributed by atoms with Gasteiger partial charge in [-0.05, 0) is 60.4 Å². The SMILES string of the molecule is CCCCOc1ccc(/C=C(\C(=O)O)c2ccc(OC)cc2C)cc1. The van der Waals surface area contributed by atoms with Gasteiger partial charge in [0.15, 0.2) is 0 Å². The summed E-state index contributed by atoms with van der Waals surface area (Å²) in [6.45, 7) is 4.68. The third kappa shape index (κ3) is 5.11. The van der Waals surface area contributed by atoms with E-state index in [0.717, 1.165) is 29.7 Å². The topological polar surface area (TPSA) is 55.8 Å². The Labute approximate surface area is 148 Å². The molecular weight excluding hydrogens is 316 g/mol. The number of aliphatic carboxylic acids is 1. The minimum absolute atomic E-state index is 0.250. The Bertz CT molecular complexity index is 745. The van der Waals surface area contributed by atoms with E-state index in [4.69, 9.17) is 9.47 Å². The molecule has 0 amide bonds. The summed E-state index contributed by atoms with van der Waals surface area (Å²) in [6, 6.07) is 12.8. The molecule has 4 heteroatoms. The normalized spacial score (nSPS) is 11.2. The molecule has 0 fully saturated rings. The standard InChI is InChI=1S/C21H24O4/c1-4-5-12-25-17-8-6-16(7-9-17)14-20(21(22)23)19-11-10-18(24-3)13-15(19)2/h6-11,13-14H,4-5,12H2,1-3H3,(H,22,23)/b20-14-. The molecule has 0 heterocycles. The van der Waals surface area contributed by atoms with Crippen LogP contribution in [0.4, 0.5) is 0 Å². The van der Waals surface area contributed by atoms with Crippen LogP contribution in [-0.2, 0) is 4.79 Å². The van der Waals surface area contributed by atoms with Crippen molar-refractivity contribution < 1.29 is 19.4 Å². The zero-order valence-corrected chi connectivity index (χ0v) is 14.9. The fourth-order valence-electron chi connectivity index (χ4n) is 2.48.